The van der Waals surface area contributed by atoms with Gasteiger partial charge in [0.15, 0.2) is 11.6 Å². The van der Waals surface area contributed by atoms with Gasteiger partial charge in [-0.3, -0.25) is 9.39 Å². The average molecular weight is 478 g/mol. The molecule has 0 fully saturated rings. The smallest absolute Gasteiger partial charge is 0.191 e. The van der Waals surface area contributed by atoms with Crippen LogP contribution in [0.2, 0.25) is 0 Å². The Morgan fingerprint density at radius 2 is 2.07 bits per heavy atom. The Morgan fingerprint density at radius 1 is 1.22 bits per heavy atom. The van der Waals surface area contributed by atoms with Gasteiger partial charge in [-0.15, -0.1) is 34.2 Å². The molecule has 0 bridgehead atoms. The van der Waals surface area contributed by atoms with Crippen molar-refractivity contribution in [3.63, 3.8) is 0 Å². The van der Waals surface area contributed by atoms with E-state index < -0.39 is 0 Å². The summed E-state index contributed by atoms with van der Waals surface area (Å²) in [4.78, 5) is 4.35. The van der Waals surface area contributed by atoms with Crippen LogP contribution in [0.3, 0.4) is 0 Å². The number of nitrogens with one attached hydrogen (secondary N) is 2. The van der Waals surface area contributed by atoms with E-state index in [2.05, 4.69) is 31.9 Å². The summed E-state index contributed by atoms with van der Waals surface area (Å²) in [6.07, 6.45) is 3.65. The summed E-state index contributed by atoms with van der Waals surface area (Å²) >= 11 is 0. The number of benzene rings is 1. The third kappa shape index (κ3) is 4.32. The lowest BCUT2D eigenvalue weighted by atomic mass is 10.0. The SMILES string of the molecule is CN=C(NCCc1nnc2ccccn12)NC1CCOc2ccccc21.I. The Labute approximate surface area is 175 Å². The number of hydrogen-bond donors (Lipinski definition) is 2. The molecule has 1 aromatic carbocycles. The lowest BCUT2D eigenvalue weighted by Crippen LogP contribution is -2.41. The number of para-hydroxylation sites is 1. The maximum absolute atomic E-state index is 5.72. The fourth-order valence-electron chi connectivity index (χ4n) is 3.21. The quantitative estimate of drug-likeness (QED) is 0.343. The largest absolute Gasteiger partial charge is 0.493 e. The number of nitrogens with zero attached hydrogens (tertiary/aromatic N) is 4. The maximum atomic E-state index is 5.72. The molecule has 0 spiro atoms. The van der Waals surface area contributed by atoms with E-state index in [-0.39, 0.29) is 30.0 Å². The number of halogens is 1. The van der Waals surface area contributed by atoms with E-state index in [9.17, 15) is 0 Å². The molecule has 4 rings (SSSR count). The van der Waals surface area contributed by atoms with Crippen molar-refractivity contribution < 1.29 is 4.74 Å². The highest BCUT2D eigenvalue weighted by molar-refractivity contribution is 14.0. The fourth-order valence-corrected chi connectivity index (χ4v) is 3.21. The van der Waals surface area contributed by atoms with Crippen molar-refractivity contribution >= 4 is 35.6 Å². The van der Waals surface area contributed by atoms with Crippen LogP contribution in [0.5, 0.6) is 5.75 Å². The molecule has 3 heterocycles. The number of hydrogen-bond acceptors (Lipinski definition) is 4. The number of fused-ring (bicyclic) bond motifs is 2. The zero-order valence-electron chi connectivity index (χ0n) is 15.1. The lowest BCUT2D eigenvalue weighted by Gasteiger charge is -2.28. The van der Waals surface area contributed by atoms with Gasteiger partial charge in [0.25, 0.3) is 0 Å². The summed E-state index contributed by atoms with van der Waals surface area (Å²) in [5.41, 5.74) is 2.04. The summed E-state index contributed by atoms with van der Waals surface area (Å²) < 4.78 is 7.73. The molecule has 1 aliphatic heterocycles. The van der Waals surface area contributed by atoms with Gasteiger partial charge in [0, 0.05) is 38.2 Å². The maximum Gasteiger partial charge on any atom is 0.191 e. The van der Waals surface area contributed by atoms with Crippen molar-refractivity contribution in [2.75, 3.05) is 20.2 Å². The Hall–Kier alpha value is -2.36. The average Bonchev–Trinajstić information content (AvgIpc) is 3.10. The highest BCUT2D eigenvalue weighted by Crippen LogP contribution is 2.31. The van der Waals surface area contributed by atoms with E-state index in [1.165, 1.54) is 5.56 Å². The first-order chi connectivity index (χ1) is 12.8. The third-order valence-corrected chi connectivity index (χ3v) is 4.52. The topological polar surface area (TPSA) is 75.8 Å². The lowest BCUT2D eigenvalue weighted by molar-refractivity contribution is 0.261. The minimum absolute atomic E-state index is 0. The number of rotatable bonds is 4. The zero-order valence-corrected chi connectivity index (χ0v) is 17.5. The number of pyridine rings is 1. The first-order valence-electron chi connectivity index (χ1n) is 8.82. The van der Waals surface area contributed by atoms with E-state index in [0.29, 0.717) is 6.61 Å². The highest BCUT2D eigenvalue weighted by Gasteiger charge is 2.21. The first-order valence-corrected chi connectivity index (χ1v) is 8.82. The Kier molecular flexibility index (Phi) is 6.49. The summed E-state index contributed by atoms with van der Waals surface area (Å²) in [5, 5.41) is 15.3. The van der Waals surface area contributed by atoms with Gasteiger partial charge in [0.1, 0.15) is 11.6 Å². The second kappa shape index (κ2) is 9.03. The minimum Gasteiger partial charge on any atom is -0.493 e. The second-order valence-electron chi connectivity index (χ2n) is 6.17. The minimum atomic E-state index is 0. The van der Waals surface area contributed by atoms with Crippen molar-refractivity contribution in [1.29, 1.82) is 0 Å². The standard InChI is InChI=1S/C19H22N6O.HI/c1-20-19(22-15-10-13-26-16-7-3-2-6-14(15)16)21-11-9-18-24-23-17-8-4-5-12-25(17)18;/h2-8,12,15H,9-11,13H2,1H3,(H2,20,21,22);1H. The first kappa shape index (κ1) is 19.4. The summed E-state index contributed by atoms with van der Waals surface area (Å²) in [7, 11) is 1.78. The molecule has 0 saturated carbocycles. The van der Waals surface area contributed by atoms with Crippen LogP contribution in [0.15, 0.2) is 53.7 Å². The fraction of sp³-hybridized carbons (Fsp3) is 0.316. The van der Waals surface area contributed by atoms with Crippen molar-refractivity contribution in [3.8, 4) is 5.75 Å². The number of ether oxygens (including phenoxy) is 1. The third-order valence-electron chi connectivity index (χ3n) is 4.52. The number of aromatic nitrogens is 3. The van der Waals surface area contributed by atoms with Crippen LogP contribution < -0.4 is 15.4 Å². The molecule has 0 radical (unpaired) electrons. The van der Waals surface area contributed by atoms with Crippen LogP contribution in [-0.4, -0.2) is 40.8 Å². The summed E-state index contributed by atoms with van der Waals surface area (Å²) in [5.74, 6) is 2.65. The van der Waals surface area contributed by atoms with Crippen LogP contribution in [-0.2, 0) is 6.42 Å². The second-order valence-corrected chi connectivity index (χ2v) is 6.17. The van der Waals surface area contributed by atoms with E-state index in [4.69, 9.17) is 4.74 Å². The predicted octanol–water partition coefficient (Wildman–Crippen LogP) is 2.58. The summed E-state index contributed by atoms with van der Waals surface area (Å²) in [6.45, 7) is 1.43. The van der Waals surface area contributed by atoms with Gasteiger partial charge < -0.3 is 15.4 Å². The number of aliphatic imine (C=N–C) groups is 1. The molecule has 1 aliphatic rings. The molecule has 8 heteroatoms. The van der Waals surface area contributed by atoms with Crippen molar-refractivity contribution in [2.24, 2.45) is 4.99 Å². The molecule has 7 nitrogen and oxygen atoms in total. The molecule has 1 unspecified atom stereocenters. The zero-order chi connectivity index (χ0) is 17.8. The molecule has 27 heavy (non-hydrogen) atoms. The highest BCUT2D eigenvalue weighted by atomic mass is 127. The number of guanidine groups is 1. The van der Waals surface area contributed by atoms with Gasteiger partial charge in [0.2, 0.25) is 0 Å². The van der Waals surface area contributed by atoms with Gasteiger partial charge in [0.05, 0.1) is 12.6 Å². The molecular weight excluding hydrogens is 455 g/mol. The van der Waals surface area contributed by atoms with Crippen molar-refractivity contribution in [2.45, 2.75) is 18.9 Å². The molecule has 0 amide bonds. The van der Waals surface area contributed by atoms with Crippen LogP contribution >= 0.6 is 24.0 Å². The van der Waals surface area contributed by atoms with Crippen molar-refractivity contribution in [1.82, 2.24) is 25.2 Å². The van der Waals surface area contributed by atoms with Gasteiger partial charge in [-0.05, 0) is 18.2 Å². The van der Waals surface area contributed by atoms with Gasteiger partial charge in [-0.2, -0.15) is 0 Å². The van der Waals surface area contributed by atoms with Crippen LogP contribution in [0.4, 0.5) is 0 Å². The normalized spacial score (nSPS) is 16.2. The molecule has 0 saturated heterocycles. The summed E-state index contributed by atoms with van der Waals surface area (Å²) in [6, 6.07) is 14.2. The van der Waals surface area contributed by atoms with Crippen LogP contribution in [0.25, 0.3) is 5.65 Å². The van der Waals surface area contributed by atoms with Crippen LogP contribution in [0.1, 0.15) is 23.9 Å². The van der Waals surface area contributed by atoms with Crippen LogP contribution in [0, 0.1) is 0 Å². The van der Waals surface area contributed by atoms with Gasteiger partial charge in [-0.1, -0.05) is 24.3 Å². The van der Waals surface area contributed by atoms with E-state index in [1.54, 1.807) is 7.05 Å². The van der Waals surface area contributed by atoms with Gasteiger partial charge in [-0.25, -0.2) is 0 Å². The van der Waals surface area contributed by atoms with Gasteiger partial charge >= 0.3 is 0 Å². The van der Waals surface area contributed by atoms with Crippen molar-refractivity contribution in [3.05, 3.63) is 60.0 Å². The van der Waals surface area contributed by atoms with E-state index in [0.717, 1.165) is 42.6 Å². The molecular formula is C19H23IN6O. The Balaban J connectivity index is 0.00000210. The molecule has 142 valence electrons. The van der Waals surface area contributed by atoms with E-state index >= 15 is 0 Å². The molecule has 2 aromatic heterocycles. The van der Waals surface area contributed by atoms with E-state index in [1.807, 2.05) is 47.0 Å². The Morgan fingerprint density at radius 3 is 2.96 bits per heavy atom. The Bertz CT molecular complexity index is 925. The molecule has 3 aromatic rings. The molecule has 0 aliphatic carbocycles. The molecule has 1 atom stereocenters. The monoisotopic (exact) mass is 478 g/mol. The molecule has 2 N–H and O–H groups in total. The predicted molar refractivity (Wildman–Crippen MR) is 116 cm³/mol.